The zero-order valence-corrected chi connectivity index (χ0v) is 11.7. The van der Waals surface area contributed by atoms with E-state index in [-0.39, 0.29) is 0 Å². The minimum Gasteiger partial charge on any atom is -0.315 e. The van der Waals surface area contributed by atoms with Gasteiger partial charge in [0.2, 0.25) is 0 Å². The highest BCUT2D eigenvalue weighted by molar-refractivity contribution is 5.19. The Kier molecular flexibility index (Phi) is 5.21. The van der Waals surface area contributed by atoms with E-state index in [1.807, 2.05) is 0 Å². The summed E-state index contributed by atoms with van der Waals surface area (Å²) in [5.74, 6) is 0.901. The molecule has 0 amide bonds. The van der Waals surface area contributed by atoms with Crippen molar-refractivity contribution >= 4 is 0 Å². The Labute approximate surface area is 111 Å². The lowest BCUT2D eigenvalue weighted by atomic mass is 10.0. The molecule has 0 aromatic heterocycles. The van der Waals surface area contributed by atoms with Gasteiger partial charge in [-0.3, -0.25) is 4.90 Å². The van der Waals surface area contributed by atoms with E-state index in [1.165, 1.54) is 31.5 Å². The molecule has 2 nitrogen and oxygen atoms in total. The van der Waals surface area contributed by atoms with Gasteiger partial charge in [-0.2, -0.15) is 0 Å². The van der Waals surface area contributed by atoms with E-state index in [0.717, 1.165) is 19.0 Å². The SMILES string of the molecule is CCNCC(c1ccccc1)N1CCC(CC)C1. The number of likely N-dealkylation sites (tertiary alicyclic amines) is 1. The summed E-state index contributed by atoms with van der Waals surface area (Å²) in [5.41, 5.74) is 1.45. The molecular formula is C16H26N2. The molecule has 2 unspecified atom stereocenters. The van der Waals surface area contributed by atoms with Crippen LogP contribution in [0.4, 0.5) is 0 Å². The zero-order chi connectivity index (χ0) is 12.8. The standard InChI is InChI=1S/C16H26N2/c1-3-14-10-11-18(13-14)16(12-17-4-2)15-8-6-5-7-9-15/h5-9,14,16-17H,3-4,10-13H2,1-2H3. The molecule has 1 heterocycles. The van der Waals surface area contributed by atoms with Crippen molar-refractivity contribution in [2.24, 2.45) is 5.92 Å². The van der Waals surface area contributed by atoms with Gasteiger partial charge in [0.1, 0.15) is 0 Å². The number of hydrogen-bond acceptors (Lipinski definition) is 2. The second-order valence-corrected chi connectivity index (χ2v) is 5.29. The smallest absolute Gasteiger partial charge is 0.0472 e. The Morgan fingerprint density at radius 3 is 2.67 bits per heavy atom. The third-order valence-corrected chi connectivity index (χ3v) is 4.11. The van der Waals surface area contributed by atoms with Crippen LogP contribution < -0.4 is 5.32 Å². The Morgan fingerprint density at radius 1 is 1.28 bits per heavy atom. The predicted molar refractivity (Wildman–Crippen MR) is 77.7 cm³/mol. The van der Waals surface area contributed by atoms with Gasteiger partial charge >= 0.3 is 0 Å². The van der Waals surface area contributed by atoms with Crippen LogP contribution in [0, 0.1) is 5.92 Å². The average molecular weight is 246 g/mol. The van der Waals surface area contributed by atoms with Crippen molar-refractivity contribution in [3.05, 3.63) is 35.9 Å². The third-order valence-electron chi connectivity index (χ3n) is 4.11. The minimum atomic E-state index is 0.544. The van der Waals surface area contributed by atoms with E-state index in [1.54, 1.807) is 0 Å². The third kappa shape index (κ3) is 3.33. The Bertz CT molecular complexity index is 336. The topological polar surface area (TPSA) is 15.3 Å². The molecule has 0 aliphatic carbocycles. The van der Waals surface area contributed by atoms with E-state index in [0.29, 0.717) is 6.04 Å². The minimum absolute atomic E-state index is 0.544. The summed E-state index contributed by atoms with van der Waals surface area (Å²) >= 11 is 0. The Hall–Kier alpha value is -0.860. The van der Waals surface area contributed by atoms with E-state index in [4.69, 9.17) is 0 Å². The largest absolute Gasteiger partial charge is 0.315 e. The van der Waals surface area contributed by atoms with Gasteiger partial charge in [0.05, 0.1) is 0 Å². The van der Waals surface area contributed by atoms with Crippen molar-refractivity contribution in [3.8, 4) is 0 Å². The normalized spacial score (nSPS) is 22.2. The number of likely N-dealkylation sites (N-methyl/N-ethyl adjacent to an activating group) is 1. The van der Waals surface area contributed by atoms with E-state index < -0.39 is 0 Å². The van der Waals surface area contributed by atoms with E-state index in [9.17, 15) is 0 Å². The van der Waals surface area contributed by atoms with Crippen LogP contribution in [0.1, 0.15) is 38.3 Å². The van der Waals surface area contributed by atoms with Crippen LogP contribution in [0.2, 0.25) is 0 Å². The Balaban J connectivity index is 2.06. The second kappa shape index (κ2) is 6.91. The van der Waals surface area contributed by atoms with Crippen molar-refractivity contribution in [2.45, 2.75) is 32.7 Å². The first kappa shape index (κ1) is 13.6. The first-order chi connectivity index (χ1) is 8.85. The van der Waals surface area contributed by atoms with Crippen molar-refractivity contribution in [1.29, 1.82) is 0 Å². The molecule has 0 saturated carbocycles. The van der Waals surface area contributed by atoms with Crippen molar-refractivity contribution < 1.29 is 0 Å². The average Bonchev–Trinajstić information content (AvgIpc) is 2.89. The fraction of sp³-hybridized carbons (Fsp3) is 0.625. The van der Waals surface area contributed by atoms with Gasteiger partial charge in [-0.1, -0.05) is 50.6 Å². The molecule has 0 radical (unpaired) electrons. The molecule has 2 atom stereocenters. The predicted octanol–water partition coefficient (Wildman–Crippen LogP) is 3.07. The fourth-order valence-corrected chi connectivity index (χ4v) is 2.89. The number of rotatable bonds is 6. The molecule has 1 aromatic carbocycles. The summed E-state index contributed by atoms with van der Waals surface area (Å²) in [6.45, 7) is 9.13. The molecule has 1 aliphatic rings. The van der Waals surface area contributed by atoms with Crippen molar-refractivity contribution in [1.82, 2.24) is 10.2 Å². The molecule has 100 valence electrons. The summed E-state index contributed by atoms with van der Waals surface area (Å²) in [6.07, 6.45) is 2.69. The van der Waals surface area contributed by atoms with Crippen LogP contribution >= 0.6 is 0 Å². The molecule has 1 N–H and O–H groups in total. The quantitative estimate of drug-likeness (QED) is 0.830. The van der Waals surface area contributed by atoms with Gasteiger partial charge in [-0.25, -0.2) is 0 Å². The lowest BCUT2D eigenvalue weighted by Gasteiger charge is -2.28. The van der Waals surface area contributed by atoms with Crippen molar-refractivity contribution in [2.75, 3.05) is 26.2 Å². The van der Waals surface area contributed by atoms with Gasteiger partial charge in [-0.15, -0.1) is 0 Å². The summed E-state index contributed by atoms with van der Waals surface area (Å²) in [6, 6.07) is 11.5. The summed E-state index contributed by atoms with van der Waals surface area (Å²) in [4.78, 5) is 2.66. The summed E-state index contributed by atoms with van der Waals surface area (Å²) in [7, 11) is 0. The number of hydrogen-bond donors (Lipinski definition) is 1. The first-order valence-electron chi connectivity index (χ1n) is 7.34. The molecule has 18 heavy (non-hydrogen) atoms. The lowest BCUT2D eigenvalue weighted by molar-refractivity contribution is 0.230. The second-order valence-electron chi connectivity index (χ2n) is 5.29. The highest BCUT2D eigenvalue weighted by Gasteiger charge is 2.27. The van der Waals surface area contributed by atoms with Crippen LogP contribution in [0.25, 0.3) is 0 Å². The molecule has 2 heteroatoms. The van der Waals surface area contributed by atoms with Gasteiger partial charge in [0.25, 0.3) is 0 Å². The van der Waals surface area contributed by atoms with Gasteiger partial charge in [0.15, 0.2) is 0 Å². The molecule has 0 bridgehead atoms. The van der Waals surface area contributed by atoms with Crippen LogP contribution in [0.15, 0.2) is 30.3 Å². The molecule has 1 saturated heterocycles. The highest BCUT2D eigenvalue weighted by atomic mass is 15.2. The van der Waals surface area contributed by atoms with Gasteiger partial charge in [-0.05, 0) is 31.0 Å². The summed E-state index contributed by atoms with van der Waals surface area (Å²) < 4.78 is 0. The van der Waals surface area contributed by atoms with Crippen molar-refractivity contribution in [3.63, 3.8) is 0 Å². The maximum Gasteiger partial charge on any atom is 0.0472 e. The maximum absolute atomic E-state index is 3.51. The highest BCUT2D eigenvalue weighted by Crippen LogP contribution is 2.28. The maximum atomic E-state index is 3.51. The number of nitrogens with zero attached hydrogens (tertiary/aromatic N) is 1. The number of benzene rings is 1. The molecule has 1 fully saturated rings. The molecule has 1 aromatic rings. The first-order valence-corrected chi connectivity index (χ1v) is 7.34. The van der Waals surface area contributed by atoms with Gasteiger partial charge in [0, 0.05) is 19.1 Å². The number of nitrogens with one attached hydrogen (secondary N) is 1. The molecular weight excluding hydrogens is 220 g/mol. The van der Waals surface area contributed by atoms with Crippen LogP contribution in [-0.4, -0.2) is 31.1 Å². The van der Waals surface area contributed by atoms with Crippen LogP contribution in [-0.2, 0) is 0 Å². The van der Waals surface area contributed by atoms with E-state index in [2.05, 4.69) is 54.4 Å². The monoisotopic (exact) mass is 246 g/mol. The molecule has 0 spiro atoms. The summed E-state index contributed by atoms with van der Waals surface area (Å²) in [5, 5.41) is 3.51. The molecule has 1 aliphatic heterocycles. The lowest BCUT2D eigenvalue weighted by Crippen LogP contribution is -2.34. The fourth-order valence-electron chi connectivity index (χ4n) is 2.89. The van der Waals surface area contributed by atoms with Gasteiger partial charge < -0.3 is 5.32 Å². The van der Waals surface area contributed by atoms with Crippen LogP contribution in [0.3, 0.4) is 0 Å². The molecule has 2 rings (SSSR count). The zero-order valence-electron chi connectivity index (χ0n) is 11.7. The Morgan fingerprint density at radius 2 is 2.06 bits per heavy atom. The van der Waals surface area contributed by atoms with E-state index >= 15 is 0 Å². The van der Waals surface area contributed by atoms with Crippen LogP contribution in [0.5, 0.6) is 0 Å².